The van der Waals surface area contributed by atoms with E-state index in [1.807, 2.05) is 23.9 Å². The molecule has 0 aliphatic heterocycles. The minimum atomic E-state index is -0.659. The molecule has 0 radical (unpaired) electrons. The van der Waals surface area contributed by atoms with E-state index >= 15 is 0 Å². The number of carbonyl (C=O) groups is 1. The lowest BCUT2D eigenvalue weighted by molar-refractivity contribution is -0.138. The number of thioether (sulfide) groups is 1. The first-order valence-corrected chi connectivity index (χ1v) is 7.71. The maximum absolute atomic E-state index is 10.7. The molecule has 0 spiro atoms. The van der Waals surface area contributed by atoms with E-state index < -0.39 is 5.97 Å². The number of carboxylic acid groups (broad SMARTS) is 1. The molecule has 0 saturated heterocycles. The van der Waals surface area contributed by atoms with Crippen LogP contribution in [-0.4, -0.2) is 29.7 Å². The van der Waals surface area contributed by atoms with Gasteiger partial charge in [-0.25, -0.2) is 0 Å². The van der Waals surface area contributed by atoms with Gasteiger partial charge >= 0.3 is 5.97 Å². The lowest BCUT2D eigenvalue weighted by Gasteiger charge is -2.11. The van der Waals surface area contributed by atoms with Gasteiger partial charge in [0.1, 0.15) is 5.75 Å². The van der Waals surface area contributed by atoms with Crippen molar-refractivity contribution in [2.24, 2.45) is 5.41 Å². The van der Waals surface area contributed by atoms with E-state index in [1.54, 1.807) is 7.11 Å². The highest BCUT2D eigenvalue weighted by Crippen LogP contribution is 2.51. The highest BCUT2D eigenvalue weighted by molar-refractivity contribution is 7.99. The maximum atomic E-state index is 10.7. The molecule has 0 heterocycles. The molecule has 2 rings (SSSR count). The molecule has 1 aromatic rings. The Labute approximate surface area is 118 Å². The predicted molar refractivity (Wildman–Crippen MR) is 77.9 cm³/mol. The third-order valence-electron chi connectivity index (χ3n) is 3.59. The Balaban J connectivity index is 1.67. The van der Waals surface area contributed by atoms with E-state index in [0.29, 0.717) is 6.42 Å². The fourth-order valence-corrected chi connectivity index (χ4v) is 3.49. The first-order valence-electron chi connectivity index (χ1n) is 6.56. The third kappa shape index (κ3) is 4.46. The van der Waals surface area contributed by atoms with Crippen LogP contribution in [0.5, 0.6) is 5.75 Å². The van der Waals surface area contributed by atoms with Crippen molar-refractivity contribution in [1.82, 2.24) is 0 Å². The Kier molecular flexibility index (Phi) is 4.75. The van der Waals surface area contributed by atoms with Gasteiger partial charge in [0.15, 0.2) is 0 Å². The molecule has 0 bridgehead atoms. The predicted octanol–water partition coefficient (Wildman–Crippen LogP) is 3.23. The normalized spacial score (nSPS) is 16.1. The highest BCUT2D eigenvalue weighted by Gasteiger charge is 2.43. The van der Waals surface area contributed by atoms with Crippen molar-refractivity contribution in [2.45, 2.75) is 25.7 Å². The summed E-state index contributed by atoms with van der Waals surface area (Å²) in [7, 11) is 1.67. The van der Waals surface area contributed by atoms with Crippen LogP contribution in [0.1, 0.15) is 24.8 Å². The summed E-state index contributed by atoms with van der Waals surface area (Å²) in [5, 5.41) is 8.85. The number of aliphatic carboxylic acids is 1. The van der Waals surface area contributed by atoms with Gasteiger partial charge in [-0.05, 0) is 53.9 Å². The summed E-state index contributed by atoms with van der Waals surface area (Å²) in [6.45, 7) is 0. The van der Waals surface area contributed by atoms with Crippen molar-refractivity contribution in [3.05, 3.63) is 29.8 Å². The maximum Gasteiger partial charge on any atom is 0.303 e. The van der Waals surface area contributed by atoms with Gasteiger partial charge in [-0.2, -0.15) is 11.8 Å². The van der Waals surface area contributed by atoms with Gasteiger partial charge in [0.2, 0.25) is 0 Å². The monoisotopic (exact) mass is 280 g/mol. The number of carboxylic acids is 1. The number of benzene rings is 1. The molecule has 0 aromatic heterocycles. The second kappa shape index (κ2) is 6.33. The van der Waals surface area contributed by atoms with Crippen molar-refractivity contribution < 1.29 is 14.6 Å². The van der Waals surface area contributed by atoms with E-state index in [4.69, 9.17) is 9.84 Å². The summed E-state index contributed by atoms with van der Waals surface area (Å²) in [5.41, 5.74) is 1.41. The number of ether oxygens (including phenoxy) is 1. The zero-order valence-electron chi connectivity index (χ0n) is 11.2. The van der Waals surface area contributed by atoms with Gasteiger partial charge in [-0.15, -0.1) is 0 Å². The zero-order chi connectivity index (χ0) is 13.7. The molecule has 1 aromatic carbocycles. The second-order valence-electron chi connectivity index (χ2n) is 5.22. The Hall–Kier alpha value is -1.16. The molecule has 19 heavy (non-hydrogen) atoms. The minimum Gasteiger partial charge on any atom is -0.497 e. The van der Waals surface area contributed by atoms with Gasteiger partial charge in [-0.1, -0.05) is 12.1 Å². The van der Waals surface area contributed by atoms with Crippen LogP contribution in [0.2, 0.25) is 0 Å². The molecular formula is C15H20O3S. The fraction of sp³-hybridized carbons (Fsp3) is 0.533. The minimum absolute atomic E-state index is 0.108. The molecule has 0 unspecified atom stereocenters. The van der Waals surface area contributed by atoms with Gasteiger partial charge < -0.3 is 9.84 Å². The van der Waals surface area contributed by atoms with Crippen molar-refractivity contribution in [3.8, 4) is 5.75 Å². The number of hydrogen-bond donors (Lipinski definition) is 1. The fourth-order valence-electron chi connectivity index (χ4n) is 2.14. The highest BCUT2D eigenvalue weighted by atomic mass is 32.2. The van der Waals surface area contributed by atoms with Crippen LogP contribution in [0.25, 0.3) is 0 Å². The molecule has 1 N–H and O–H groups in total. The van der Waals surface area contributed by atoms with Crippen molar-refractivity contribution in [3.63, 3.8) is 0 Å². The van der Waals surface area contributed by atoms with Gasteiger partial charge in [0, 0.05) is 0 Å². The van der Waals surface area contributed by atoms with E-state index in [2.05, 4.69) is 12.1 Å². The summed E-state index contributed by atoms with van der Waals surface area (Å²) in [6, 6.07) is 8.13. The summed E-state index contributed by atoms with van der Waals surface area (Å²) >= 11 is 1.87. The smallest absolute Gasteiger partial charge is 0.303 e. The van der Waals surface area contributed by atoms with E-state index in [0.717, 1.165) is 36.5 Å². The first kappa shape index (κ1) is 14.3. The number of methoxy groups -OCH3 is 1. The zero-order valence-corrected chi connectivity index (χ0v) is 12.0. The molecule has 1 saturated carbocycles. The van der Waals surface area contributed by atoms with Crippen molar-refractivity contribution in [1.29, 1.82) is 0 Å². The quantitative estimate of drug-likeness (QED) is 0.743. The molecule has 0 atom stereocenters. The largest absolute Gasteiger partial charge is 0.497 e. The topological polar surface area (TPSA) is 46.5 Å². The average Bonchev–Trinajstić information content (AvgIpc) is 3.14. The number of hydrogen-bond acceptors (Lipinski definition) is 3. The van der Waals surface area contributed by atoms with Crippen LogP contribution < -0.4 is 4.74 Å². The Morgan fingerprint density at radius 3 is 2.58 bits per heavy atom. The second-order valence-corrected chi connectivity index (χ2v) is 6.33. The van der Waals surface area contributed by atoms with Crippen LogP contribution >= 0.6 is 11.8 Å². The van der Waals surface area contributed by atoms with Crippen LogP contribution in [0, 0.1) is 5.41 Å². The Morgan fingerprint density at radius 2 is 2.05 bits per heavy atom. The summed E-state index contributed by atoms with van der Waals surface area (Å²) < 4.78 is 5.12. The van der Waals surface area contributed by atoms with Crippen LogP contribution in [-0.2, 0) is 11.2 Å². The van der Waals surface area contributed by atoms with Crippen molar-refractivity contribution >= 4 is 17.7 Å². The molecule has 0 amide bonds. The lowest BCUT2D eigenvalue weighted by atomic mass is 10.1. The SMILES string of the molecule is COc1ccc(CCSCC2(CC(=O)O)CC2)cc1. The van der Waals surface area contributed by atoms with Gasteiger partial charge in [-0.3, -0.25) is 4.79 Å². The molecule has 1 fully saturated rings. The average molecular weight is 280 g/mol. The lowest BCUT2D eigenvalue weighted by Crippen LogP contribution is -2.11. The number of rotatable bonds is 8. The summed E-state index contributed by atoms with van der Waals surface area (Å²) in [5.74, 6) is 2.26. The molecule has 4 heteroatoms. The van der Waals surface area contributed by atoms with Crippen LogP contribution in [0.3, 0.4) is 0 Å². The molecule has 3 nitrogen and oxygen atoms in total. The standard InChI is InChI=1S/C15H20O3S/c1-18-13-4-2-12(3-5-13)6-9-19-11-15(7-8-15)10-14(16)17/h2-5H,6-11H2,1H3,(H,16,17). The van der Waals surface area contributed by atoms with Gasteiger partial charge in [0.05, 0.1) is 13.5 Å². The van der Waals surface area contributed by atoms with E-state index in [9.17, 15) is 4.79 Å². The number of aryl methyl sites for hydroxylation is 1. The van der Waals surface area contributed by atoms with E-state index in [-0.39, 0.29) is 5.41 Å². The first-order chi connectivity index (χ1) is 9.13. The molecule has 104 valence electrons. The third-order valence-corrected chi connectivity index (χ3v) is 4.90. The van der Waals surface area contributed by atoms with Crippen LogP contribution in [0.4, 0.5) is 0 Å². The molecular weight excluding hydrogens is 260 g/mol. The van der Waals surface area contributed by atoms with Crippen molar-refractivity contribution in [2.75, 3.05) is 18.6 Å². The summed E-state index contributed by atoms with van der Waals surface area (Å²) in [6.07, 6.45) is 3.52. The molecule has 1 aliphatic carbocycles. The molecule has 1 aliphatic rings. The Morgan fingerprint density at radius 1 is 1.37 bits per heavy atom. The van der Waals surface area contributed by atoms with E-state index in [1.165, 1.54) is 5.56 Å². The summed E-state index contributed by atoms with van der Waals surface area (Å²) in [4.78, 5) is 10.7. The van der Waals surface area contributed by atoms with Crippen LogP contribution in [0.15, 0.2) is 24.3 Å². The van der Waals surface area contributed by atoms with Gasteiger partial charge in [0.25, 0.3) is 0 Å². The Bertz CT molecular complexity index is 424.